The molecule has 162 valence electrons. The third-order valence-corrected chi connectivity index (χ3v) is 4.65. The summed E-state index contributed by atoms with van der Waals surface area (Å²) in [5.74, 6) is 0.702. The van der Waals surface area contributed by atoms with Gasteiger partial charge in [0.05, 0.1) is 0 Å². The van der Waals surface area contributed by atoms with E-state index >= 15 is 0 Å². The zero-order valence-corrected chi connectivity index (χ0v) is 18.4. The van der Waals surface area contributed by atoms with Crippen molar-refractivity contribution in [1.29, 1.82) is 0 Å². The molecule has 1 aliphatic rings. The zero-order valence-electron chi connectivity index (χ0n) is 18.4. The molecule has 0 unspecified atom stereocenters. The fourth-order valence-electron chi connectivity index (χ4n) is 3.20. The van der Waals surface area contributed by atoms with E-state index in [9.17, 15) is 4.79 Å². The van der Waals surface area contributed by atoms with Gasteiger partial charge in [-0.3, -0.25) is 9.89 Å². The lowest BCUT2D eigenvalue weighted by Gasteiger charge is -2.26. The summed E-state index contributed by atoms with van der Waals surface area (Å²) in [6.45, 7) is 10.7. The second-order valence-electron chi connectivity index (χ2n) is 8.43. The molecule has 1 aromatic carbocycles. The number of guanidine groups is 1. The minimum Gasteiger partial charge on any atom is -0.444 e. The van der Waals surface area contributed by atoms with Crippen molar-refractivity contribution in [3.63, 3.8) is 0 Å². The summed E-state index contributed by atoms with van der Waals surface area (Å²) in [7, 11) is 1.73. The molecule has 0 aliphatic carbocycles. The third-order valence-electron chi connectivity index (χ3n) is 4.65. The lowest BCUT2D eigenvalue weighted by Crippen LogP contribution is -2.42. The number of carbonyl (C=O) groups is 1. The lowest BCUT2D eigenvalue weighted by atomic mass is 10.1. The van der Waals surface area contributed by atoms with Crippen molar-refractivity contribution in [1.82, 2.24) is 20.9 Å². The van der Waals surface area contributed by atoms with Gasteiger partial charge in [0.25, 0.3) is 0 Å². The molecule has 1 aromatic rings. The highest BCUT2D eigenvalue weighted by Gasteiger charge is 2.15. The molecule has 1 saturated heterocycles. The highest BCUT2D eigenvalue weighted by Crippen LogP contribution is 2.13. The molecule has 0 bridgehead atoms. The van der Waals surface area contributed by atoms with Crippen molar-refractivity contribution in [2.75, 3.05) is 33.2 Å². The van der Waals surface area contributed by atoms with Crippen molar-refractivity contribution in [2.24, 2.45) is 4.99 Å². The Morgan fingerprint density at radius 2 is 1.62 bits per heavy atom. The van der Waals surface area contributed by atoms with Crippen molar-refractivity contribution in [3.05, 3.63) is 35.4 Å². The molecule has 29 heavy (non-hydrogen) atoms. The number of nitrogens with zero attached hydrogens (tertiary/aromatic N) is 2. The number of aliphatic imine (C=N–C) groups is 1. The number of alkyl carbamates (subject to hydrolysis) is 1. The van der Waals surface area contributed by atoms with Crippen LogP contribution in [0.2, 0.25) is 0 Å². The Kier molecular flexibility index (Phi) is 9.25. The SMILES string of the molecule is CN=C(NCCNC(=O)OC(C)(C)C)NCc1ccc(CN2CCCCC2)cc1. The number of rotatable bonds is 7. The predicted molar refractivity (Wildman–Crippen MR) is 118 cm³/mol. The minimum atomic E-state index is -0.488. The molecule has 7 nitrogen and oxygen atoms in total. The van der Waals surface area contributed by atoms with E-state index in [1.54, 1.807) is 7.05 Å². The molecule has 1 aliphatic heterocycles. The highest BCUT2D eigenvalue weighted by molar-refractivity contribution is 5.79. The summed E-state index contributed by atoms with van der Waals surface area (Å²) < 4.78 is 5.21. The number of piperidine rings is 1. The van der Waals surface area contributed by atoms with E-state index in [0.717, 1.165) is 6.54 Å². The number of likely N-dealkylation sites (tertiary alicyclic amines) is 1. The van der Waals surface area contributed by atoms with Crippen LogP contribution in [-0.2, 0) is 17.8 Å². The fraction of sp³-hybridized carbons (Fsp3) is 0.636. The third kappa shape index (κ3) is 9.65. The van der Waals surface area contributed by atoms with E-state index < -0.39 is 11.7 Å². The maximum absolute atomic E-state index is 11.6. The molecule has 0 spiro atoms. The second kappa shape index (κ2) is 11.7. The van der Waals surface area contributed by atoms with Gasteiger partial charge in [0.2, 0.25) is 0 Å². The van der Waals surface area contributed by atoms with Crippen molar-refractivity contribution in [3.8, 4) is 0 Å². The summed E-state index contributed by atoms with van der Waals surface area (Å²) >= 11 is 0. The molecular weight excluding hydrogens is 366 g/mol. The van der Waals surface area contributed by atoms with Crippen LogP contribution in [0.4, 0.5) is 4.79 Å². The molecule has 0 radical (unpaired) electrons. The molecular formula is C22H37N5O2. The number of benzene rings is 1. The first kappa shape index (κ1) is 23.0. The van der Waals surface area contributed by atoms with Gasteiger partial charge >= 0.3 is 6.09 Å². The summed E-state index contributed by atoms with van der Waals surface area (Å²) in [5, 5.41) is 9.20. The molecule has 0 saturated carbocycles. The Morgan fingerprint density at radius 1 is 1.00 bits per heavy atom. The molecule has 1 amide bonds. The van der Waals surface area contributed by atoms with Crippen LogP contribution in [0.5, 0.6) is 0 Å². The molecule has 0 aromatic heterocycles. The first-order valence-electron chi connectivity index (χ1n) is 10.6. The number of ether oxygens (including phenoxy) is 1. The summed E-state index contributed by atoms with van der Waals surface area (Å²) in [5.41, 5.74) is 2.09. The van der Waals surface area contributed by atoms with Crippen LogP contribution < -0.4 is 16.0 Å². The number of hydrogen-bond donors (Lipinski definition) is 3. The monoisotopic (exact) mass is 403 g/mol. The predicted octanol–water partition coefficient (Wildman–Crippen LogP) is 2.86. The summed E-state index contributed by atoms with van der Waals surface area (Å²) in [6, 6.07) is 8.77. The van der Waals surface area contributed by atoms with Gasteiger partial charge < -0.3 is 20.7 Å². The first-order valence-corrected chi connectivity index (χ1v) is 10.6. The normalized spacial score (nSPS) is 15.7. The summed E-state index contributed by atoms with van der Waals surface area (Å²) in [6.07, 6.45) is 3.60. The van der Waals surface area contributed by atoms with E-state index in [2.05, 4.69) is 50.1 Å². The quantitative estimate of drug-likeness (QED) is 0.371. The van der Waals surface area contributed by atoms with Crippen LogP contribution in [0.25, 0.3) is 0 Å². The van der Waals surface area contributed by atoms with Crippen LogP contribution in [0.3, 0.4) is 0 Å². The topological polar surface area (TPSA) is 78.0 Å². The Hall–Kier alpha value is -2.28. The number of carbonyl (C=O) groups excluding carboxylic acids is 1. The zero-order chi connectivity index (χ0) is 21.1. The van der Waals surface area contributed by atoms with Crippen LogP contribution in [-0.4, -0.2) is 55.8 Å². The van der Waals surface area contributed by atoms with Crippen molar-refractivity contribution in [2.45, 2.75) is 58.7 Å². The molecule has 0 atom stereocenters. The Balaban J connectivity index is 1.66. The van der Waals surface area contributed by atoms with Gasteiger partial charge in [0.15, 0.2) is 5.96 Å². The smallest absolute Gasteiger partial charge is 0.407 e. The number of nitrogens with one attached hydrogen (secondary N) is 3. The van der Waals surface area contributed by atoms with Gasteiger partial charge in [-0.2, -0.15) is 0 Å². The second-order valence-corrected chi connectivity index (χ2v) is 8.43. The molecule has 1 heterocycles. The molecule has 2 rings (SSSR count). The average molecular weight is 404 g/mol. The Bertz CT molecular complexity index is 646. The lowest BCUT2D eigenvalue weighted by molar-refractivity contribution is 0.0529. The minimum absolute atomic E-state index is 0.410. The standard InChI is InChI=1S/C22H37N5O2/c1-22(2,3)29-21(28)25-13-12-24-20(23-4)26-16-18-8-10-19(11-9-18)17-27-14-6-5-7-15-27/h8-11H,5-7,12-17H2,1-4H3,(H,25,28)(H2,23,24,26). The van der Waals surface area contributed by atoms with Gasteiger partial charge in [-0.15, -0.1) is 0 Å². The maximum Gasteiger partial charge on any atom is 0.407 e. The molecule has 3 N–H and O–H groups in total. The van der Waals surface area contributed by atoms with Crippen molar-refractivity contribution >= 4 is 12.1 Å². The summed E-state index contributed by atoms with van der Waals surface area (Å²) in [4.78, 5) is 18.4. The van der Waals surface area contributed by atoms with E-state index in [1.165, 1.54) is 43.5 Å². The fourth-order valence-corrected chi connectivity index (χ4v) is 3.20. The van der Waals surface area contributed by atoms with Crippen molar-refractivity contribution < 1.29 is 9.53 Å². The number of amides is 1. The average Bonchev–Trinajstić information content (AvgIpc) is 2.68. The van der Waals surface area contributed by atoms with Gasteiger partial charge in [0, 0.05) is 33.2 Å². The molecule has 7 heteroatoms. The van der Waals surface area contributed by atoms with E-state index in [4.69, 9.17) is 4.74 Å². The number of hydrogen-bond acceptors (Lipinski definition) is 4. The van der Waals surface area contributed by atoms with Crippen LogP contribution in [0.15, 0.2) is 29.3 Å². The van der Waals surface area contributed by atoms with Gasteiger partial charge in [-0.1, -0.05) is 30.7 Å². The Morgan fingerprint density at radius 3 is 2.24 bits per heavy atom. The first-order chi connectivity index (χ1) is 13.9. The highest BCUT2D eigenvalue weighted by atomic mass is 16.6. The molecule has 1 fully saturated rings. The van der Waals surface area contributed by atoms with E-state index in [1.807, 2.05) is 20.8 Å². The van der Waals surface area contributed by atoms with Crippen LogP contribution >= 0.6 is 0 Å². The Labute approximate surface area is 175 Å². The van der Waals surface area contributed by atoms with E-state index in [0.29, 0.717) is 25.6 Å². The van der Waals surface area contributed by atoms with Gasteiger partial charge in [0.1, 0.15) is 5.60 Å². The van der Waals surface area contributed by atoms with Gasteiger partial charge in [-0.05, 0) is 57.8 Å². The van der Waals surface area contributed by atoms with Crippen LogP contribution in [0.1, 0.15) is 51.2 Å². The van der Waals surface area contributed by atoms with E-state index in [-0.39, 0.29) is 0 Å². The van der Waals surface area contributed by atoms with Crippen LogP contribution in [0, 0.1) is 0 Å². The maximum atomic E-state index is 11.6. The van der Waals surface area contributed by atoms with Gasteiger partial charge in [-0.25, -0.2) is 4.79 Å². The largest absolute Gasteiger partial charge is 0.444 e.